The molecule has 2 aromatic heterocycles. The zero-order chi connectivity index (χ0) is 19.1. The van der Waals surface area contributed by atoms with Gasteiger partial charge in [-0.2, -0.15) is 0 Å². The van der Waals surface area contributed by atoms with Crippen molar-refractivity contribution in [3.05, 3.63) is 71.7 Å². The molecule has 144 valence electrons. The average molecular weight is 374 g/mol. The van der Waals surface area contributed by atoms with Crippen LogP contribution >= 0.6 is 0 Å². The number of imidazole rings is 1. The first kappa shape index (κ1) is 17.4. The standard InChI is InChI=1S/C23H26N4O/c1-17-6-5-9-22-24-21(16-26(17)22)23(28)27-14-19-10-11-20(27)15-25(13-19)12-18-7-3-2-4-8-18/h2-9,16,19-20H,10-15H2,1H3/t19-,20+/m0/s1. The van der Waals surface area contributed by atoms with Crippen molar-refractivity contribution < 1.29 is 4.79 Å². The number of aromatic nitrogens is 2. The monoisotopic (exact) mass is 374 g/mol. The lowest BCUT2D eigenvalue weighted by atomic mass is 9.95. The molecule has 3 fully saturated rings. The number of aryl methyl sites for hydroxylation is 1. The van der Waals surface area contributed by atoms with Crippen LogP contribution in [0, 0.1) is 12.8 Å². The highest BCUT2D eigenvalue weighted by molar-refractivity contribution is 5.93. The maximum Gasteiger partial charge on any atom is 0.274 e. The molecule has 0 saturated carbocycles. The molecule has 5 heterocycles. The third-order valence-corrected chi connectivity index (χ3v) is 6.21. The van der Waals surface area contributed by atoms with Crippen molar-refractivity contribution in [2.75, 3.05) is 19.6 Å². The minimum atomic E-state index is 0.0827. The summed E-state index contributed by atoms with van der Waals surface area (Å²) in [5.74, 6) is 0.629. The zero-order valence-electron chi connectivity index (χ0n) is 16.3. The van der Waals surface area contributed by atoms with Crippen LogP contribution < -0.4 is 0 Å². The Morgan fingerprint density at radius 1 is 1.04 bits per heavy atom. The normalized spacial score (nSPS) is 22.5. The largest absolute Gasteiger partial charge is 0.333 e. The molecule has 0 radical (unpaired) electrons. The van der Waals surface area contributed by atoms with Crippen molar-refractivity contribution in [3.63, 3.8) is 0 Å². The van der Waals surface area contributed by atoms with Crippen molar-refractivity contribution in [3.8, 4) is 0 Å². The maximum absolute atomic E-state index is 13.3. The van der Waals surface area contributed by atoms with Gasteiger partial charge in [0.2, 0.25) is 0 Å². The van der Waals surface area contributed by atoms with E-state index in [0.29, 0.717) is 11.6 Å². The van der Waals surface area contributed by atoms with E-state index in [9.17, 15) is 4.79 Å². The number of benzene rings is 1. The molecule has 1 amide bonds. The number of carbonyl (C=O) groups is 1. The molecular formula is C23H26N4O. The van der Waals surface area contributed by atoms with Crippen molar-refractivity contribution in [2.24, 2.45) is 5.92 Å². The van der Waals surface area contributed by atoms with Gasteiger partial charge >= 0.3 is 0 Å². The Labute approximate surface area is 165 Å². The number of hydrogen-bond acceptors (Lipinski definition) is 3. The summed E-state index contributed by atoms with van der Waals surface area (Å²) < 4.78 is 2.00. The van der Waals surface area contributed by atoms with E-state index < -0.39 is 0 Å². The van der Waals surface area contributed by atoms with E-state index in [2.05, 4.69) is 45.1 Å². The molecule has 0 unspecified atom stereocenters. The van der Waals surface area contributed by atoms with E-state index in [4.69, 9.17) is 0 Å². The molecule has 5 heteroatoms. The molecule has 6 rings (SSSR count). The van der Waals surface area contributed by atoms with E-state index in [1.807, 2.05) is 35.7 Å². The minimum Gasteiger partial charge on any atom is -0.333 e. The summed E-state index contributed by atoms with van der Waals surface area (Å²) in [5.41, 5.74) is 3.85. The fourth-order valence-corrected chi connectivity index (χ4v) is 4.80. The van der Waals surface area contributed by atoms with Gasteiger partial charge in [0.1, 0.15) is 11.3 Å². The zero-order valence-corrected chi connectivity index (χ0v) is 16.3. The van der Waals surface area contributed by atoms with Gasteiger partial charge in [-0.15, -0.1) is 0 Å². The fourth-order valence-electron chi connectivity index (χ4n) is 4.80. The summed E-state index contributed by atoms with van der Waals surface area (Å²) in [6.07, 6.45) is 4.20. The lowest BCUT2D eigenvalue weighted by Gasteiger charge is -2.35. The second-order valence-corrected chi connectivity index (χ2v) is 8.26. The highest BCUT2D eigenvalue weighted by Crippen LogP contribution is 2.30. The van der Waals surface area contributed by atoms with Crippen molar-refractivity contribution in [1.29, 1.82) is 0 Å². The number of nitrogens with zero attached hydrogens (tertiary/aromatic N) is 4. The summed E-state index contributed by atoms with van der Waals surface area (Å²) in [4.78, 5) is 22.5. The average Bonchev–Trinajstić information content (AvgIpc) is 2.97. The Morgan fingerprint density at radius 2 is 1.89 bits per heavy atom. The maximum atomic E-state index is 13.3. The SMILES string of the molecule is Cc1cccc2nc(C(=O)N3C[C@H]4CC[C@@H]3CN(Cc3ccccc3)C4)cn12. The van der Waals surface area contributed by atoms with Crippen LogP contribution in [-0.4, -0.2) is 50.8 Å². The number of carbonyl (C=O) groups excluding carboxylic acids is 1. The smallest absolute Gasteiger partial charge is 0.274 e. The molecule has 2 bridgehead atoms. The molecule has 2 atom stereocenters. The van der Waals surface area contributed by atoms with Crippen LogP contribution in [-0.2, 0) is 6.54 Å². The van der Waals surface area contributed by atoms with E-state index in [-0.39, 0.29) is 11.9 Å². The number of fused-ring (bicyclic) bond motifs is 5. The van der Waals surface area contributed by atoms with Gasteiger partial charge in [-0.25, -0.2) is 4.98 Å². The van der Waals surface area contributed by atoms with Crippen molar-refractivity contribution in [1.82, 2.24) is 19.2 Å². The lowest BCUT2D eigenvalue weighted by Crippen LogP contribution is -2.47. The minimum absolute atomic E-state index is 0.0827. The van der Waals surface area contributed by atoms with Crippen LogP contribution in [0.15, 0.2) is 54.7 Å². The van der Waals surface area contributed by atoms with Crippen LogP contribution in [0.3, 0.4) is 0 Å². The Morgan fingerprint density at radius 3 is 2.71 bits per heavy atom. The lowest BCUT2D eigenvalue weighted by molar-refractivity contribution is 0.0579. The summed E-state index contributed by atoms with van der Waals surface area (Å²) in [6.45, 7) is 5.87. The molecule has 0 aliphatic carbocycles. The van der Waals surface area contributed by atoms with Gasteiger partial charge in [-0.05, 0) is 43.4 Å². The molecule has 0 spiro atoms. The van der Waals surface area contributed by atoms with Crippen LogP contribution in [0.2, 0.25) is 0 Å². The molecule has 3 aliphatic heterocycles. The molecule has 5 nitrogen and oxygen atoms in total. The first-order valence-corrected chi connectivity index (χ1v) is 10.2. The predicted octanol–water partition coefficient (Wildman–Crippen LogP) is 3.38. The van der Waals surface area contributed by atoms with Gasteiger partial charge in [-0.3, -0.25) is 9.69 Å². The summed E-state index contributed by atoms with van der Waals surface area (Å²) in [7, 11) is 0. The third-order valence-electron chi connectivity index (χ3n) is 6.21. The van der Waals surface area contributed by atoms with Crippen molar-refractivity contribution in [2.45, 2.75) is 32.4 Å². The Balaban J connectivity index is 1.37. The summed E-state index contributed by atoms with van der Waals surface area (Å²) in [5, 5.41) is 0. The van der Waals surface area contributed by atoms with E-state index in [1.165, 1.54) is 12.0 Å². The van der Waals surface area contributed by atoms with E-state index >= 15 is 0 Å². The number of hydrogen-bond donors (Lipinski definition) is 0. The molecule has 1 aromatic carbocycles. The van der Waals surface area contributed by atoms with Crippen LogP contribution in [0.1, 0.15) is 34.6 Å². The number of pyridine rings is 1. The highest BCUT2D eigenvalue weighted by atomic mass is 16.2. The quantitative estimate of drug-likeness (QED) is 0.706. The molecule has 3 aliphatic rings. The summed E-state index contributed by atoms with van der Waals surface area (Å²) >= 11 is 0. The molecular weight excluding hydrogens is 348 g/mol. The third kappa shape index (κ3) is 3.20. The molecule has 3 saturated heterocycles. The highest BCUT2D eigenvalue weighted by Gasteiger charge is 2.38. The first-order valence-electron chi connectivity index (χ1n) is 10.2. The Hall–Kier alpha value is -2.66. The fraction of sp³-hybridized carbons (Fsp3) is 0.391. The number of amides is 1. The Bertz CT molecular complexity index is 996. The van der Waals surface area contributed by atoms with E-state index in [1.54, 1.807) is 0 Å². The second-order valence-electron chi connectivity index (χ2n) is 8.26. The van der Waals surface area contributed by atoms with Gasteiger partial charge in [0.05, 0.1) is 0 Å². The predicted molar refractivity (Wildman–Crippen MR) is 109 cm³/mol. The van der Waals surface area contributed by atoms with E-state index in [0.717, 1.165) is 43.9 Å². The second kappa shape index (κ2) is 7.06. The van der Waals surface area contributed by atoms with Gasteiger partial charge in [0.25, 0.3) is 5.91 Å². The Kier molecular flexibility index (Phi) is 4.40. The van der Waals surface area contributed by atoms with Crippen LogP contribution in [0.4, 0.5) is 0 Å². The molecule has 0 N–H and O–H groups in total. The number of rotatable bonds is 3. The number of piperidine rings is 1. The molecule has 3 aromatic rings. The summed E-state index contributed by atoms with van der Waals surface area (Å²) in [6, 6.07) is 16.9. The van der Waals surface area contributed by atoms with Gasteiger partial charge in [0.15, 0.2) is 0 Å². The van der Waals surface area contributed by atoms with Crippen molar-refractivity contribution >= 4 is 11.6 Å². The topological polar surface area (TPSA) is 40.9 Å². The van der Waals surface area contributed by atoms with Gasteiger partial charge in [0, 0.05) is 44.1 Å². The van der Waals surface area contributed by atoms with Gasteiger partial charge in [-0.1, -0.05) is 36.4 Å². The van der Waals surface area contributed by atoms with Gasteiger partial charge < -0.3 is 9.30 Å². The molecule has 28 heavy (non-hydrogen) atoms. The first-order chi connectivity index (χ1) is 13.7. The van der Waals surface area contributed by atoms with Crippen LogP contribution in [0.25, 0.3) is 5.65 Å². The van der Waals surface area contributed by atoms with Crippen LogP contribution in [0.5, 0.6) is 0 Å².